The second-order valence-electron chi connectivity index (χ2n) is 6.22. The number of carbonyl (C=O) groups is 1. The number of ether oxygens (including phenoxy) is 2. The zero-order chi connectivity index (χ0) is 17.7. The van der Waals surface area contributed by atoms with E-state index in [9.17, 15) is 4.79 Å². The van der Waals surface area contributed by atoms with E-state index in [-0.39, 0.29) is 12.5 Å². The van der Waals surface area contributed by atoms with Gasteiger partial charge in [0.05, 0.1) is 26.9 Å². The summed E-state index contributed by atoms with van der Waals surface area (Å²) in [5.41, 5.74) is 2.75. The second kappa shape index (κ2) is 7.57. The van der Waals surface area contributed by atoms with E-state index in [0.717, 1.165) is 29.0 Å². The second-order valence-corrected chi connectivity index (χ2v) is 6.22. The van der Waals surface area contributed by atoms with Crippen LogP contribution in [0.3, 0.4) is 0 Å². The predicted octanol–water partition coefficient (Wildman–Crippen LogP) is 2.71. The third kappa shape index (κ3) is 3.77. The van der Waals surface area contributed by atoms with Crippen LogP contribution in [0.15, 0.2) is 48.5 Å². The van der Waals surface area contributed by atoms with E-state index in [0.29, 0.717) is 13.2 Å². The number of rotatable bonds is 7. The zero-order valence-corrected chi connectivity index (χ0v) is 14.7. The normalized spacial score (nSPS) is 15.1. The molecule has 0 spiro atoms. The number of hydrogen-bond donors (Lipinski definition) is 2. The highest BCUT2D eigenvalue weighted by atomic mass is 16.5. The Morgan fingerprint density at radius 3 is 2.56 bits per heavy atom. The van der Waals surface area contributed by atoms with Gasteiger partial charge in [0.15, 0.2) is 0 Å². The summed E-state index contributed by atoms with van der Waals surface area (Å²) >= 11 is 0. The standard InChI is InChI=1S/C20H24N2O3/c1-3-15-11-17(24-2)9-10-18(15)21-12-19(23)22-20(13-25-14-20)16-7-5-4-6-8-16/h4-11,21H,3,12-14H2,1-2H3,(H,22,23). The molecule has 0 bridgehead atoms. The predicted molar refractivity (Wildman–Crippen MR) is 97.9 cm³/mol. The van der Waals surface area contributed by atoms with Crippen molar-refractivity contribution < 1.29 is 14.3 Å². The van der Waals surface area contributed by atoms with E-state index in [1.54, 1.807) is 7.11 Å². The zero-order valence-electron chi connectivity index (χ0n) is 14.7. The number of hydrogen-bond acceptors (Lipinski definition) is 4. The monoisotopic (exact) mass is 340 g/mol. The van der Waals surface area contributed by atoms with Gasteiger partial charge in [-0.15, -0.1) is 0 Å². The van der Waals surface area contributed by atoms with Crippen LogP contribution in [-0.4, -0.2) is 32.8 Å². The summed E-state index contributed by atoms with van der Waals surface area (Å²) in [6.45, 7) is 3.31. The number of nitrogens with one attached hydrogen (secondary N) is 2. The molecule has 5 heteroatoms. The first-order valence-electron chi connectivity index (χ1n) is 8.52. The van der Waals surface area contributed by atoms with Crippen LogP contribution in [0.5, 0.6) is 5.75 Å². The summed E-state index contributed by atoms with van der Waals surface area (Å²) in [4.78, 5) is 12.5. The van der Waals surface area contributed by atoms with Gasteiger partial charge in [0.2, 0.25) is 5.91 Å². The molecular weight excluding hydrogens is 316 g/mol. The van der Waals surface area contributed by atoms with Crippen LogP contribution in [0.4, 0.5) is 5.69 Å². The van der Waals surface area contributed by atoms with Gasteiger partial charge in [-0.3, -0.25) is 4.79 Å². The molecule has 0 radical (unpaired) electrons. The fraction of sp³-hybridized carbons (Fsp3) is 0.350. The molecule has 0 aliphatic carbocycles. The van der Waals surface area contributed by atoms with E-state index in [1.807, 2.05) is 48.5 Å². The number of anilines is 1. The molecule has 5 nitrogen and oxygen atoms in total. The highest BCUT2D eigenvalue weighted by Crippen LogP contribution is 2.29. The third-order valence-corrected chi connectivity index (χ3v) is 4.53. The molecule has 1 heterocycles. The molecule has 2 N–H and O–H groups in total. The summed E-state index contributed by atoms with van der Waals surface area (Å²) in [5, 5.41) is 6.35. The molecular formula is C20H24N2O3. The molecule has 0 saturated carbocycles. The van der Waals surface area contributed by atoms with Crippen LogP contribution >= 0.6 is 0 Å². The first-order valence-corrected chi connectivity index (χ1v) is 8.52. The Kier molecular flexibility index (Phi) is 5.24. The van der Waals surface area contributed by atoms with E-state index < -0.39 is 5.54 Å². The van der Waals surface area contributed by atoms with Crippen LogP contribution < -0.4 is 15.4 Å². The lowest BCUT2D eigenvalue weighted by atomic mass is 9.88. The quantitative estimate of drug-likeness (QED) is 0.814. The highest BCUT2D eigenvalue weighted by molar-refractivity contribution is 5.82. The molecule has 3 rings (SSSR count). The Morgan fingerprint density at radius 1 is 1.20 bits per heavy atom. The summed E-state index contributed by atoms with van der Waals surface area (Å²) in [5.74, 6) is 0.770. The van der Waals surface area contributed by atoms with Gasteiger partial charge >= 0.3 is 0 Å². The molecule has 1 aliphatic heterocycles. The summed E-state index contributed by atoms with van der Waals surface area (Å²) < 4.78 is 10.6. The molecule has 0 atom stereocenters. The molecule has 25 heavy (non-hydrogen) atoms. The van der Waals surface area contributed by atoms with Crippen molar-refractivity contribution in [3.05, 3.63) is 59.7 Å². The molecule has 1 amide bonds. The fourth-order valence-corrected chi connectivity index (χ4v) is 3.02. The maximum Gasteiger partial charge on any atom is 0.240 e. The molecule has 1 aliphatic rings. The fourth-order valence-electron chi connectivity index (χ4n) is 3.02. The van der Waals surface area contributed by atoms with Gasteiger partial charge in [-0.2, -0.15) is 0 Å². The number of benzene rings is 2. The van der Waals surface area contributed by atoms with Crippen LogP contribution in [0.25, 0.3) is 0 Å². The molecule has 0 aromatic heterocycles. The topological polar surface area (TPSA) is 59.6 Å². The van der Waals surface area contributed by atoms with Crippen molar-refractivity contribution in [1.82, 2.24) is 5.32 Å². The van der Waals surface area contributed by atoms with E-state index in [1.165, 1.54) is 0 Å². The smallest absolute Gasteiger partial charge is 0.240 e. The Bertz CT molecular complexity index is 727. The summed E-state index contributed by atoms with van der Waals surface area (Å²) in [6, 6.07) is 15.8. The van der Waals surface area contributed by atoms with Gasteiger partial charge in [0.25, 0.3) is 0 Å². The Hall–Kier alpha value is -2.53. The van der Waals surface area contributed by atoms with Crippen molar-refractivity contribution in [2.24, 2.45) is 0 Å². The Morgan fingerprint density at radius 2 is 1.96 bits per heavy atom. The van der Waals surface area contributed by atoms with Gasteiger partial charge in [-0.25, -0.2) is 0 Å². The maximum absolute atomic E-state index is 12.5. The lowest BCUT2D eigenvalue weighted by Gasteiger charge is -2.42. The first kappa shape index (κ1) is 17.3. The Labute approximate surface area is 148 Å². The van der Waals surface area contributed by atoms with Crippen LogP contribution in [0, 0.1) is 0 Å². The van der Waals surface area contributed by atoms with E-state index >= 15 is 0 Å². The van der Waals surface area contributed by atoms with Crippen LogP contribution in [0.1, 0.15) is 18.1 Å². The van der Waals surface area contributed by atoms with E-state index in [4.69, 9.17) is 9.47 Å². The van der Waals surface area contributed by atoms with Crippen LogP contribution in [0.2, 0.25) is 0 Å². The summed E-state index contributed by atoms with van der Waals surface area (Å²) in [7, 11) is 1.65. The minimum Gasteiger partial charge on any atom is -0.497 e. The third-order valence-electron chi connectivity index (χ3n) is 4.53. The van der Waals surface area contributed by atoms with Crippen LogP contribution in [-0.2, 0) is 21.5 Å². The molecule has 2 aromatic rings. The average molecular weight is 340 g/mol. The molecule has 2 aromatic carbocycles. The largest absolute Gasteiger partial charge is 0.497 e. The number of carbonyl (C=O) groups excluding carboxylic acids is 1. The van der Waals surface area contributed by atoms with Gasteiger partial charge in [0.1, 0.15) is 11.3 Å². The van der Waals surface area contributed by atoms with Gasteiger partial charge in [-0.1, -0.05) is 37.3 Å². The number of methoxy groups -OCH3 is 1. The van der Waals surface area contributed by atoms with Gasteiger partial charge in [-0.05, 0) is 35.7 Å². The molecule has 1 saturated heterocycles. The van der Waals surface area contributed by atoms with E-state index in [2.05, 4.69) is 17.6 Å². The Balaban J connectivity index is 1.63. The number of aryl methyl sites for hydroxylation is 1. The van der Waals surface area contributed by atoms with Crippen molar-refractivity contribution in [2.45, 2.75) is 18.9 Å². The first-order chi connectivity index (χ1) is 12.2. The maximum atomic E-state index is 12.5. The van der Waals surface area contributed by atoms with Gasteiger partial charge < -0.3 is 20.1 Å². The molecule has 1 fully saturated rings. The molecule has 132 valence electrons. The number of amides is 1. The van der Waals surface area contributed by atoms with Crippen molar-refractivity contribution in [1.29, 1.82) is 0 Å². The lowest BCUT2D eigenvalue weighted by Crippen LogP contribution is -2.60. The van der Waals surface area contributed by atoms with Gasteiger partial charge in [0, 0.05) is 5.69 Å². The SMILES string of the molecule is CCc1cc(OC)ccc1NCC(=O)NC1(c2ccccc2)COC1. The minimum atomic E-state index is -0.409. The minimum absolute atomic E-state index is 0.0509. The van der Waals surface area contributed by atoms with Crippen molar-refractivity contribution in [3.8, 4) is 5.75 Å². The van der Waals surface area contributed by atoms with Crippen molar-refractivity contribution in [3.63, 3.8) is 0 Å². The van der Waals surface area contributed by atoms with Crippen molar-refractivity contribution in [2.75, 3.05) is 32.2 Å². The average Bonchev–Trinajstić information content (AvgIpc) is 2.63. The summed E-state index contributed by atoms with van der Waals surface area (Å²) in [6.07, 6.45) is 0.864. The lowest BCUT2D eigenvalue weighted by molar-refractivity contribution is -0.132. The van der Waals surface area contributed by atoms with Crippen molar-refractivity contribution >= 4 is 11.6 Å². The molecule has 0 unspecified atom stereocenters. The highest BCUT2D eigenvalue weighted by Gasteiger charge is 2.41.